The molecule has 0 amide bonds. The first kappa shape index (κ1) is 11.3. The number of rotatable bonds is 2. The van der Waals surface area contributed by atoms with Crippen LogP contribution in [0, 0.1) is 0 Å². The fourth-order valence-electron chi connectivity index (χ4n) is 1.15. The molecule has 80 valence electrons. The average Bonchev–Trinajstić information content (AvgIpc) is 2.14. The third kappa shape index (κ3) is 2.59. The molecule has 5 heteroatoms. The minimum absolute atomic E-state index is 0.0112. The SMILES string of the molecule is Nc1ccccc1/C(=C\C=O)C(F)(F)F. The molecule has 0 aliphatic rings. The fraction of sp³-hybridized carbons (Fsp3) is 0.100. The van der Waals surface area contributed by atoms with Gasteiger partial charge in [0.1, 0.15) is 6.29 Å². The van der Waals surface area contributed by atoms with Crippen molar-refractivity contribution in [3.05, 3.63) is 35.9 Å². The number of benzene rings is 1. The minimum Gasteiger partial charge on any atom is -0.398 e. The van der Waals surface area contributed by atoms with E-state index in [-0.39, 0.29) is 17.5 Å². The molecule has 1 rings (SSSR count). The Morgan fingerprint density at radius 3 is 2.33 bits per heavy atom. The van der Waals surface area contributed by atoms with Crippen molar-refractivity contribution in [2.75, 3.05) is 5.73 Å². The highest BCUT2D eigenvalue weighted by atomic mass is 19.4. The van der Waals surface area contributed by atoms with E-state index < -0.39 is 11.7 Å². The van der Waals surface area contributed by atoms with Crippen LogP contribution in [0.3, 0.4) is 0 Å². The maximum absolute atomic E-state index is 12.5. The average molecular weight is 215 g/mol. The van der Waals surface area contributed by atoms with E-state index in [1.54, 1.807) is 0 Å². The summed E-state index contributed by atoms with van der Waals surface area (Å²) >= 11 is 0. The Morgan fingerprint density at radius 1 is 1.27 bits per heavy atom. The molecule has 0 unspecified atom stereocenters. The summed E-state index contributed by atoms with van der Waals surface area (Å²) in [5.74, 6) is 0. The van der Waals surface area contributed by atoms with Crippen LogP contribution >= 0.6 is 0 Å². The Morgan fingerprint density at radius 2 is 1.87 bits per heavy atom. The van der Waals surface area contributed by atoms with Crippen LogP contribution in [0.1, 0.15) is 5.56 Å². The second-order valence-electron chi connectivity index (χ2n) is 2.80. The number of aldehydes is 1. The first-order valence-electron chi connectivity index (χ1n) is 4.04. The highest BCUT2D eigenvalue weighted by Gasteiger charge is 2.35. The second kappa shape index (κ2) is 4.16. The third-order valence-electron chi connectivity index (χ3n) is 1.79. The van der Waals surface area contributed by atoms with Gasteiger partial charge in [-0.25, -0.2) is 0 Å². The monoisotopic (exact) mass is 215 g/mol. The van der Waals surface area contributed by atoms with Gasteiger partial charge >= 0.3 is 6.18 Å². The molecule has 0 spiro atoms. The van der Waals surface area contributed by atoms with Gasteiger partial charge < -0.3 is 5.73 Å². The van der Waals surface area contributed by atoms with Gasteiger partial charge in [0, 0.05) is 11.3 Å². The molecule has 0 fully saturated rings. The Bertz CT molecular complexity index is 396. The number of carbonyl (C=O) groups excluding carboxylic acids is 1. The van der Waals surface area contributed by atoms with Gasteiger partial charge in [-0.3, -0.25) is 4.79 Å². The largest absolute Gasteiger partial charge is 0.417 e. The molecule has 0 saturated heterocycles. The zero-order valence-corrected chi connectivity index (χ0v) is 7.58. The van der Waals surface area contributed by atoms with E-state index >= 15 is 0 Å². The molecule has 0 atom stereocenters. The van der Waals surface area contributed by atoms with Crippen LogP contribution in [0.4, 0.5) is 18.9 Å². The molecule has 0 radical (unpaired) electrons. The second-order valence-corrected chi connectivity index (χ2v) is 2.80. The number of carbonyl (C=O) groups is 1. The summed E-state index contributed by atoms with van der Waals surface area (Å²) in [5.41, 5.74) is 4.17. The molecule has 0 aliphatic carbocycles. The molecular weight excluding hydrogens is 207 g/mol. The quantitative estimate of drug-likeness (QED) is 0.467. The van der Waals surface area contributed by atoms with Gasteiger partial charge in [0.15, 0.2) is 0 Å². The maximum atomic E-state index is 12.5. The van der Waals surface area contributed by atoms with E-state index in [4.69, 9.17) is 5.73 Å². The number of nitrogens with two attached hydrogens (primary N) is 1. The molecular formula is C10H8F3NO. The first-order valence-corrected chi connectivity index (χ1v) is 4.04. The lowest BCUT2D eigenvalue weighted by atomic mass is 10.0. The van der Waals surface area contributed by atoms with Crippen molar-refractivity contribution in [1.29, 1.82) is 0 Å². The summed E-state index contributed by atoms with van der Waals surface area (Å²) in [6, 6.07) is 5.52. The van der Waals surface area contributed by atoms with E-state index in [2.05, 4.69) is 0 Å². The predicted octanol–water partition coefficient (Wildman–Crippen LogP) is 2.41. The number of para-hydroxylation sites is 1. The van der Waals surface area contributed by atoms with Gasteiger partial charge in [-0.15, -0.1) is 0 Å². The van der Waals surface area contributed by atoms with Crippen molar-refractivity contribution in [1.82, 2.24) is 0 Å². The Kier molecular flexibility index (Phi) is 3.14. The minimum atomic E-state index is -4.59. The standard InChI is InChI=1S/C10H8F3NO/c11-10(12,13)8(5-6-15)7-3-1-2-4-9(7)14/h1-6H,14H2/b8-5+. The fourth-order valence-corrected chi connectivity index (χ4v) is 1.15. The number of hydrogen-bond donors (Lipinski definition) is 1. The van der Waals surface area contributed by atoms with Gasteiger partial charge in [0.25, 0.3) is 0 Å². The number of anilines is 1. The third-order valence-corrected chi connectivity index (χ3v) is 1.79. The van der Waals surface area contributed by atoms with Gasteiger partial charge in [0.05, 0.1) is 5.57 Å². The molecule has 0 aromatic heterocycles. The zero-order chi connectivity index (χ0) is 11.5. The number of allylic oxidation sites excluding steroid dienone is 2. The Labute approximate surface area is 84.2 Å². The van der Waals surface area contributed by atoms with Crippen LogP contribution in [-0.2, 0) is 4.79 Å². The van der Waals surface area contributed by atoms with E-state index in [1.807, 2.05) is 0 Å². The lowest BCUT2D eigenvalue weighted by Gasteiger charge is -2.12. The predicted molar refractivity (Wildman–Crippen MR) is 51.0 cm³/mol. The van der Waals surface area contributed by atoms with E-state index in [1.165, 1.54) is 24.3 Å². The molecule has 0 saturated carbocycles. The van der Waals surface area contributed by atoms with Gasteiger partial charge in [0.2, 0.25) is 0 Å². The summed E-state index contributed by atoms with van der Waals surface area (Å²) in [6.07, 6.45) is -4.03. The number of halogens is 3. The summed E-state index contributed by atoms with van der Waals surface area (Å²) in [5, 5.41) is 0. The van der Waals surface area contributed by atoms with Crippen molar-refractivity contribution in [3.63, 3.8) is 0 Å². The zero-order valence-electron chi connectivity index (χ0n) is 7.58. The maximum Gasteiger partial charge on any atom is 0.417 e. The molecule has 1 aromatic rings. The smallest absolute Gasteiger partial charge is 0.398 e. The van der Waals surface area contributed by atoms with Crippen molar-refractivity contribution in [2.45, 2.75) is 6.18 Å². The van der Waals surface area contributed by atoms with Crippen LogP contribution in [-0.4, -0.2) is 12.5 Å². The van der Waals surface area contributed by atoms with Crippen molar-refractivity contribution >= 4 is 17.5 Å². The summed E-state index contributed by atoms with van der Waals surface area (Å²) in [7, 11) is 0. The Balaban J connectivity index is 3.29. The van der Waals surface area contributed by atoms with Crippen molar-refractivity contribution in [2.24, 2.45) is 0 Å². The molecule has 0 heterocycles. The van der Waals surface area contributed by atoms with Gasteiger partial charge in [-0.1, -0.05) is 18.2 Å². The van der Waals surface area contributed by atoms with E-state index in [0.29, 0.717) is 6.08 Å². The number of nitrogen functional groups attached to an aromatic ring is 1. The van der Waals surface area contributed by atoms with Crippen LogP contribution in [0.2, 0.25) is 0 Å². The normalized spacial score (nSPS) is 12.6. The molecule has 15 heavy (non-hydrogen) atoms. The molecule has 2 nitrogen and oxygen atoms in total. The first-order chi connectivity index (χ1) is 6.96. The van der Waals surface area contributed by atoms with Crippen molar-refractivity contribution < 1.29 is 18.0 Å². The highest BCUT2D eigenvalue weighted by molar-refractivity contribution is 5.87. The highest BCUT2D eigenvalue weighted by Crippen LogP contribution is 2.35. The summed E-state index contributed by atoms with van der Waals surface area (Å²) in [6.45, 7) is 0. The molecule has 0 bridgehead atoms. The van der Waals surface area contributed by atoms with Crippen LogP contribution < -0.4 is 5.73 Å². The topological polar surface area (TPSA) is 43.1 Å². The van der Waals surface area contributed by atoms with Crippen LogP contribution in [0.15, 0.2) is 30.3 Å². The number of hydrogen-bond acceptors (Lipinski definition) is 2. The van der Waals surface area contributed by atoms with Crippen molar-refractivity contribution in [3.8, 4) is 0 Å². The van der Waals surface area contributed by atoms with Gasteiger partial charge in [-0.05, 0) is 12.1 Å². The van der Waals surface area contributed by atoms with E-state index in [0.717, 1.165) is 0 Å². The summed E-state index contributed by atoms with van der Waals surface area (Å²) in [4.78, 5) is 10.1. The molecule has 1 aromatic carbocycles. The molecule has 0 aliphatic heterocycles. The lowest BCUT2D eigenvalue weighted by Crippen LogP contribution is -2.12. The van der Waals surface area contributed by atoms with Crippen LogP contribution in [0.5, 0.6) is 0 Å². The van der Waals surface area contributed by atoms with E-state index in [9.17, 15) is 18.0 Å². The molecule has 2 N–H and O–H groups in total. The summed E-state index contributed by atoms with van der Waals surface area (Å²) < 4.78 is 37.5. The van der Waals surface area contributed by atoms with Crippen LogP contribution in [0.25, 0.3) is 5.57 Å². The number of alkyl halides is 3. The lowest BCUT2D eigenvalue weighted by molar-refractivity contribution is -0.104. The Hall–Kier alpha value is -1.78. The van der Waals surface area contributed by atoms with Gasteiger partial charge in [-0.2, -0.15) is 13.2 Å².